The summed E-state index contributed by atoms with van der Waals surface area (Å²) in [6, 6.07) is 0. The number of ether oxygens (including phenoxy) is 1. The van der Waals surface area contributed by atoms with E-state index in [1.54, 1.807) is 7.11 Å². The van der Waals surface area contributed by atoms with E-state index in [-0.39, 0.29) is 0 Å². The highest BCUT2D eigenvalue weighted by Gasteiger charge is 1.90. The van der Waals surface area contributed by atoms with Gasteiger partial charge >= 0.3 is 0 Å². The molecule has 0 aromatic heterocycles. The van der Waals surface area contributed by atoms with Crippen LogP contribution in [0.1, 0.15) is 19.8 Å². The minimum Gasteiger partial charge on any atom is -0.387 e. The maximum atomic E-state index is 5.52. The topological polar surface area (TPSA) is 47.6 Å². The second kappa shape index (κ2) is 6.55. The van der Waals surface area contributed by atoms with E-state index in [1.165, 1.54) is 0 Å². The normalized spacial score (nSPS) is 12.0. The molecule has 0 rings (SSSR count). The van der Waals surface area contributed by atoms with Crippen molar-refractivity contribution in [2.45, 2.75) is 19.8 Å². The van der Waals surface area contributed by atoms with Gasteiger partial charge in [-0.25, -0.2) is 0 Å². The maximum absolute atomic E-state index is 5.52. The van der Waals surface area contributed by atoms with Crippen molar-refractivity contribution in [1.29, 1.82) is 0 Å². The Hall–Kier alpha value is -0.570. The minimum absolute atomic E-state index is 0.736. The quantitative estimate of drug-likeness (QED) is 0.352. The van der Waals surface area contributed by atoms with Crippen LogP contribution in [0, 0.1) is 0 Å². The number of nitrogens with two attached hydrogens (primary N) is 1. The molecule has 0 saturated carbocycles. The lowest BCUT2D eigenvalue weighted by Gasteiger charge is -1.98. The van der Waals surface area contributed by atoms with Gasteiger partial charge < -0.3 is 10.5 Å². The van der Waals surface area contributed by atoms with Crippen LogP contribution in [0.2, 0.25) is 0 Å². The highest BCUT2D eigenvalue weighted by atomic mass is 16.5. The molecular weight excluding hydrogens is 128 g/mol. The Kier molecular flexibility index (Phi) is 6.18. The fourth-order valence-corrected chi connectivity index (χ4v) is 0.680. The van der Waals surface area contributed by atoms with Crippen LogP contribution in [0.25, 0.3) is 0 Å². The van der Waals surface area contributed by atoms with E-state index in [0.29, 0.717) is 0 Å². The zero-order valence-corrected chi connectivity index (χ0v) is 6.76. The molecular formula is C7H16N2O. The minimum atomic E-state index is 0.736. The first-order valence-electron chi connectivity index (χ1n) is 3.59. The average Bonchev–Trinajstić information content (AvgIpc) is 1.89. The number of nitrogens with zero attached hydrogens (tertiary/aromatic N) is 1. The summed E-state index contributed by atoms with van der Waals surface area (Å²) in [6.45, 7) is 3.52. The molecule has 0 radical (unpaired) electrons. The molecule has 0 heterocycles. The van der Waals surface area contributed by atoms with Gasteiger partial charge in [-0.1, -0.05) is 0 Å². The highest BCUT2D eigenvalue weighted by molar-refractivity contribution is 5.80. The van der Waals surface area contributed by atoms with Crippen molar-refractivity contribution in [2.75, 3.05) is 20.3 Å². The van der Waals surface area contributed by atoms with E-state index in [4.69, 9.17) is 10.5 Å². The monoisotopic (exact) mass is 144 g/mol. The molecule has 10 heavy (non-hydrogen) atoms. The second-order valence-corrected chi connectivity index (χ2v) is 2.06. The molecule has 0 aromatic carbocycles. The lowest BCUT2D eigenvalue weighted by Crippen LogP contribution is -2.12. The van der Waals surface area contributed by atoms with Crippen LogP contribution in [0.5, 0.6) is 0 Å². The van der Waals surface area contributed by atoms with Crippen molar-refractivity contribution in [3.8, 4) is 0 Å². The van der Waals surface area contributed by atoms with Gasteiger partial charge in [-0.05, 0) is 13.3 Å². The van der Waals surface area contributed by atoms with Crippen LogP contribution in [-0.2, 0) is 4.74 Å². The van der Waals surface area contributed by atoms with Crippen LogP contribution < -0.4 is 5.73 Å². The predicted molar refractivity (Wildman–Crippen MR) is 43.3 cm³/mol. The second-order valence-electron chi connectivity index (χ2n) is 2.06. The predicted octanol–water partition coefficient (Wildman–Crippen LogP) is 0.790. The molecule has 0 bridgehead atoms. The van der Waals surface area contributed by atoms with Crippen LogP contribution in [0.3, 0.4) is 0 Å². The third-order valence-electron chi connectivity index (χ3n) is 1.14. The van der Waals surface area contributed by atoms with Crippen molar-refractivity contribution in [1.82, 2.24) is 0 Å². The number of amidine groups is 1. The summed E-state index contributed by atoms with van der Waals surface area (Å²) in [5.41, 5.74) is 5.52. The van der Waals surface area contributed by atoms with E-state index in [0.717, 1.165) is 31.8 Å². The Labute approximate surface area is 62.3 Å². The summed E-state index contributed by atoms with van der Waals surface area (Å²) >= 11 is 0. The summed E-state index contributed by atoms with van der Waals surface area (Å²) in [4.78, 5) is 4.04. The summed E-state index contributed by atoms with van der Waals surface area (Å²) < 4.78 is 4.86. The lowest BCUT2D eigenvalue weighted by molar-refractivity contribution is 0.196. The van der Waals surface area contributed by atoms with E-state index in [1.807, 2.05) is 6.92 Å². The molecule has 0 spiro atoms. The molecule has 0 atom stereocenters. The van der Waals surface area contributed by atoms with Gasteiger partial charge in [-0.2, -0.15) is 0 Å². The third kappa shape index (κ3) is 5.56. The zero-order valence-electron chi connectivity index (χ0n) is 6.76. The number of methoxy groups -OCH3 is 1. The van der Waals surface area contributed by atoms with Crippen molar-refractivity contribution in [2.24, 2.45) is 10.7 Å². The van der Waals surface area contributed by atoms with Gasteiger partial charge in [-0.15, -0.1) is 0 Å². The molecule has 60 valence electrons. The first-order valence-corrected chi connectivity index (χ1v) is 3.59. The summed E-state index contributed by atoms with van der Waals surface area (Å²) in [7, 11) is 1.69. The van der Waals surface area contributed by atoms with Gasteiger partial charge in [0.2, 0.25) is 0 Å². The van der Waals surface area contributed by atoms with Crippen molar-refractivity contribution >= 4 is 5.84 Å². The Morgan fingerprint density at radius 2 is 2.30 bits per heavy atom. The Bertz CT molecular complexity index is 102. The van der Waals surface area contributed by atoms with E-state index >= 15 is 0 Å². The summed E-state index contributed by atoms with van der Waals surface area (Å²) in [5, 5.41) is 0. The van der Waals surface area contributed by atoms with Gasteiger partial charge in [0.15, 0.2) is 0 Å². The van der Waals surface area contributed by atoms with Crippen LogP contribution in [-0.4, -0.2) is 26.1 Å². The van der Waals surface area contributed by atoms with Crippen molar-refractivity contribution in [3.05, 3.63) is 0 Å². The fraction of sp³-hybridized carbons (Fsp3) is 0.857. The molecule has 0 amide bonds. The third-order valence-corrected chi connectivity index (χ3v) is 1.14. The Morgan fingerprint density at radius 3 is 2.80 bits per heavy atom. The average molecular weight is 144 g/mol. The van der Waals surface area contributed by atoms with Gasteiger partial charge in [-0.3, -0.25) is 4.99 Å². The first-order chi connectivity index (χ1) is 4.81. The molecule has 0 aliphatic heterocycles. The van der Waals surface area contributed by atoms with Crippen LogP contribution in [0.15, 0.2) is 4.99 Å². The first kappa shape index (κ1) is 9.43. The molecule has 3 heteroatoms. The van der Waals surface area contributed by atoms with Gasteiger partial charge in [0.1, 0.15) is 0 Å². The van der Waals surface area contributed by atoms with E-state index < -0.39 is 0 Å². The number of hydrogen-bond donors (Lipinski definition) is 1. The summed E-state index contributed by atoms with van der Waals surface area (Å²) in [5.74, 6) is 0.736. The van der Waals surface area contributed by atoms with E-state index in [9.17, 15) is 0 Å². The number of rotatable bonds is 5. The largest absolute Gasteiger partial charge is 0.387 e. The molecule has 0 aliphatic rings. The lowest BCUT2D eigenvalue weighted by atomic mass is 10.3. The van der Waals surface area contributed by atoms with E-state index in [2.05, 4.69) is 4.99 Å². The highest BCUT2D eigenvalue weighted by Crippen LogP contribution is 1.88. The number of aliphatic imine (C=N–C) groups is 1. The molecule has 2 N–H and O–H groups in total. The smallest absolute Gasteiger partial charge is 0.0937 e. The van der Waals surface area contributed by atoms with Crippen molar-refractivity contribution < 1.29 is 4.74 Å². The maximum Gasteiger partial charge on any atom is 0.0937 e. The molecule has 0 aliphatic carbocycles. The van der Waals surface area contributed by atoms with Crippen LogP contribution in [0.4, 0.5) is 0 Å². The van der Waals surface area contributed by atoms with Crippen LogP contribution >= 0.6 is 0 Å². The summed E-state index contributed by atoms with van der Waals surface area (Å²) in [6.07, 6.45) is 1.81. The molecule has 0 fully saturated rings. The fourth-order valence-electron chi connectivity index (χ4n) is 0.680. The standard InChI is InChI=1S/C7H16N2O/c1-3-9-7(8)5-4-6-10-2/h3-6H2,1-2H3,(H2,8,9). The van der Waals surface area contributed by atoms with Gasteiger partial charge in [0, 0.05) is 26.7 Å². The van der Waals surface area contributed by atoms with Gasteiger partial charge in [0.05, 0.1) is 5.84 Å². The Morgan fingerprint density at radius 1 is 1.60 bits per heavy atom. The number of hydrogen-bond acceptors (Lipinski definition) is 2. The zero-order chi connectivity index (χ0) is 7.82. The Balaban J connectivity index is 3.21. The molecule has 0 saturated heterocycles. The molecule has 0 aromatic rings. The SMILES string of the molecule is CCN=C(N)CCCOC. The van der Waals surface area contributed by atoms with Crippen molar-refractivity contribution in [3.63, 3.8) is 0 Å². The van der Waals surface area contributed by atoms with Gasteiger partial charge in [0.25, 0.3) is 0 Å². The molecule has 0 unspecified atom stereocenters. The molecule has 3 nitrogen and oxygen atoms in total.